The number of likely N-dealkylation sites (N-methyl/N-ethyl adjacent to an activating group) is 1. The highest BCUT2D eigenvalue weighted by atomic mass is 19.2. The molecule has 0 aliphatic rings. The highest BCUT2D eigenvalue weighted by Crippen LogP contribution is 2.23. The standard InChI is InChI=1S/C20H15F3N2O3/c1-24-20(27)18(12-4-7-14(22)15(23)10-12)25-19(26)17-9-8-16(28-17)11-2-5-13(21)6-3-11/h2-10,18H,1H3,(H,24,27)(H,25,26). The summed E-state index contributed by atoms with van der Waals surface area (Å²) >= 11 is 0. The summed E-state index contributed by atoms with van der Waals surface area (Å²) in [6.45, 7) is 0. The van der Waals surface area contributed by atoms with E-state index in [1.54, 1.807) is 0 Å². The Hall–Kier alpha value is -3.55. The maximum Gasteiger partial charge on any atom is 0.287 e. The van der Waals surface area contributed by atoms with Crippen LogP contribution in [0.1, 0.15) is 22.2 Å². The van der Waals surface area contributed by atoms with Gasteiger partial charge in [0, 0.05) is 12.6 Å². The molecule has 1 aromatic heterocycles. The monoisotopic (exact) mass is 388 g/mol. The third kappa shape index (κ3) is 4.06. The van der Waals surface area contributed by atoms with Gasteiger partial charge in [0.2, 0.25) is 5.91 Å². The summed E-state index contributed by atoms with van der Waals surface area (Å²) in [4.78, 5) is 24.6. The number of hydrogen-bond acceptors (Lipinski definition) is 3. The third-order valence-electron chi connectivity index (χ3n) is 4.02. The summed E-state index contributed by atoms with van der Waals surface area (Å²) in [5.41, 5.74) is 0.626. The number of rotatable bonds is 5. The minimum atomic E-state index is -1.26. The number of hydrogen-bond donors (Lipinski definition) is 2. The quantitative estimate of drug-likeness (QED) is 0.702. The van der Waals surface area contributed by atoms with Crippen molar-refractivity contribution < 1.29 is 27.2 Å². The van der Waals surface area contributed by atoms with E-state index >= 15 is 0 Å². The van der Waals surface area contributed by atoms with Crippen LogP contribution < -0.4 is 10.6 Å². The van der Waals surface area contributed by atoms with Crippen LogP contribution in [0.15, 0.2) is 59.0 Å². The molecule has 0 aliphatic carbocycles. The molecule has 0 spiro atoms. The van der Waals surface area contributed by atoms with E-state index in [-0.39, 0.29) is 11.3 Å². The van der Waals surface area contributed by atoms with Gasteiger partial charge in [0.1, 0.15) is 17.6 Å². The van der Waals surface area contributed by atoms with E-state index in [0.717, 1.165) is 12.1 Å². The number of benzene rings is 2. The van der Waals surface area contributed by atoms with Crippen LogP contribution in [0, 0.1) is 17.5 Å². The maximum absolute atomic E-state index is 13.5. The summed E-state index contributed by atoms with van der Waals surface area (Å²) in [7, 11) is 1.35. The van der Waals surface area contributed by atoms with E-state index < -0.39 is 35.3 Å². The molecule has 5 nitrogen and oxygen atoms in total. The number of carbonyl (C=O) groups is 2. The van der Waals surface area contributed by atoms with Crippen molar-refractivity contribution in [3.63, 3.8) is 0 Å². The molecule has 0 aliphatic heterocycles. The van der Waals surface area contributed by atoms with Crippen molar-refractivity contribution in [1.82, 2.24) is 10.6 Å². The van der Waals surface area contributed by atoms with Crippen LogP contribution >= 0.6 is 0 Å². The second-order valence-electron chi connectivity index (χ2n) is 5.87. The molecule has 3 aromatic rings. The molecular weight excluding hydrogens is 373 g/mol. The van der Waals surface area contributed by atoms with Crippen molar-refractivity contribution in [3.8, 4) is 11.3 Å². The van der Waals surface area contributed by atoms with Crippen LogP contribution in [-0.4, -0.2) is 18.9 Å². The van der Waals surface area contributed by atoms with E-state index in [2.05, 4.69) is 10.6 Å². The smallest absolute Gasteiger partial charge is 0.287 e. The van der Waals surface area contributed by atoms with Gasteiger partial charge in [0.15, 0.2) is 17.4 Å². The average Bonchev–Trinajstić information content (AvgIpc) is 3.18. The van der Waals surface area contributed by atoms with Crippen molar-refractivity contribution in [3.05, 3.63) is 83.4 Å². The van der Waals surface area contributed by atoms with E-state index in [1.807, 2.05) is 0 Å². The molecule has 2 aromatic carbocycles. The highest BCUT2D eigenvalue weighted by Gasteiger charge is 2.25. The van der Waals surface area contributed by atoms with Crippen LogP contribution in [0.5, 0.6) is 0 Å². The minimum Gasteiger partial charge on any atom is -0.451 e. The summed E-state index contributed by atoms with van der Waals surface area (Å²) in [6.07, 6.45) is 0. The Bertz CT molecular complexity index is 1020. The van der Waals surface area contributed by atoms with E-state index in [4.69, 9.17) is 4.42 Å². The molecule has 8 heteroatoms. The molecule has 2 amide bonds. The van der Waals surface area contributed by atoms with Crippen LogP contribution in [0.25, 0.3) is 11.3 Å². The molecule has 0 radical (unpaired) electrons. The van der Waals surface area contributed by atoms with Gasteiger partial charge in [-0.25, -0.2) is 13.2 Å². The van der Waals surface area contributed by atoms with E-state index in [9.17, 15) is 22.8 Å². The normalized spacial score (nSPS) is 11.7. The Morgan fingerprint density at radius 3 is 2.29 bits per heavy atom. The fourth-order valence-electron chi connectivity index (χ4n) is 2.57. The van der Waals surface area contributed by atoms with Crippen LogP contribution in [0.4, 0.5) is 13.2 Å². The molecule has 0 saturated heterocycles. The Labute approximate surface area is 158 Å². The molecule has 0 bridgehead atoms. The molecule has 28 heavy (non-hydrogen) atoms. The zero-order valence-corrected chi connectivity index (χ0v) is 14.6. The first kappa shape index (κ1) is 19.2. The van der Waals surface area contributed by atoms with Gasteiger partial charge in [-0.15, -0.1) is 0 Å². The van der Waals surface area contributed by atoms with Crippen molar-refractivity contribution in [1.29, 1.82) is 0 Å². The first-order valence-corrected chi connectivity index (χ1v) is 8.22. The maximum atomic E-state index is 13.5. The second-order valence-corrected chi connectivity index (χ2v) is 5.87. The zero-order chi connectivity index (χ0) is 20.3. The van der Waals surface area contributed by atoms with Gasteiger partial charge in [0.25, 0.3) is 5.91 Å². The predicted molar refractivity (Wildman–Crippen MR) is 94.7 cm³/mol. The fourth-order valence-corrected chi connectivity index (χ4v) is 2.57. The first-order chi connectivity index (χ1) is 13.4. The minimum absolute atomic E-state index is 0.0666. The topological polar surface area (TPSA) is 71.3 Å². The predicted octanol–water partition coefficient (Wildman–Crippen LogP) is 3.58. The molecule has 1 atom stereocenters. The summed E-state index contributed by atoms with van der Waals surface area (Å²) in [5, 5.41) is 4.78. The van der Waals surface area contributed by atoms with E-state index in [0.29, 0.717) is 11.3 Å². The Morgan fingerprint density at radius 1 is 0.929 bits per heavy atom. The molecular formula is C20H15F3N2O3. The van der Waals surface area contributed by atoms with Crippen molar-refractivity contribution >= 4 is 11.8 Å². The molecule has 0 fully saturated rings. The number of carbonyl (C=O) groups excluding carboxylic acids is 2. The van der Waals surface area contributed by atoms with Gasteiger partial charge in [-0.3, -0.25) is 9.59 Å². The number of furan rings is 1. The van der Waals surface area contributed by atoms with Gasteiger partial charge in [-0.2, -0.15) is 0 Å². The van der Waals surface area contributed by atoms with Gasteiger partial charge in [0.05, 0.1) is 0 Å². The SMILES string of the molecule is CNC(=O)C(NC(=O)c1ccc(-c2ccc(F)cc2)o1)c1ccc(F)c(F)c1. The molecule has 144 valence electrons. The third-order valence-corrected chi connectivity index (χ3v) is 4.02. The van der Waals surface area contributed by atoms with Crippen molar-refractivity contribution in [2.45, 2.75) is 6.04 Å². The molecule has 1 unspecified atom stereocenters. The Balaban J connectivity index is 1.83. The number of halogens is 3. The Morgan fingerprint density at radius 2 is 1.64 bits per heavy atom. The number of amides is 2. The molecule has 1 heterocycles. The second kappa shape index (κ2) is 7.99. The summed E-state index contributed by atoms with van der Waals surface area (Å²) in [5.74, 6) is -3.74. The summed E-state index contributed by atoms with van der Waals surface area (Å²) in [6, 6.07) is 10.0. The van der Waals surface area contributed by atoms with Gasteiger partial charge >= 0.3 is 0 Å². The van der Waals surface area contributed by atoms with Gasteiger partial charge < -0.3 is 15.1 Å². The van der Waals surface area contributed by atoms with Crippen molar-refractivity contribution in [2.24, 2.45) is 0 Å². The van der Waals surface area contributed by atoms with Crippen LogP contribution in [0.3, 0.4) is 0 Å². The van der Waals surface area contributed by atoms with Gasteiger partial charge in [-0.1, -0.05) is 6.07 Å². The molecule has 0 saturated carbocycles. The van der Waals surface area contributed by atoms with Crippen LogP contribution in [-0.2, 0) is 4.79 Å². The van der Waals surface area contributed by atoms with Gasteiger partial charge in [-0.05, 0) is 54.1 Å². The Kier molecular flexibility index (Phi) is 5.49. The zero-order valence-electron chi connectivity index (χ0n) is 14.6. The molecule has 3 rings (SSSR count). The number of nitrogens with one attached hydrogen (secondary N) is 2. The fraction of sp³-hybridized carbons (Fsp3) is 0.100. The summed E-state index contributed by atoms with van der Waals surface area (Å²) < 4.78 is 45.2. The largest absolute Gasteiger partial charge is 0.451 e. The average molecular weight is 388 g/mol. The highest BCUT2D eigenvalue weighted by molar-refractivity contribution is 5.96. The lowest BCUT2D eigenvalue weighted by molar-refractivity contribution is -0.122. The lowest BCUT2D eigenvalue weighted by Gasteiger charge is -2.17. The molecule has 2 N–H and O–H groups in total. The lowest BCUT2D eigenvalue weighted by atomic mass is 10.1. The first-order valence-electron chi connectivity index (χ1n) is 8.22. The van der Waals surface area contributed by atoms with Crippen molar-refractivity contribution in [2.75, 3.05) is 7.05 Å². The van der Waals surface area contributed by atoms with Crippen LogP contribution in [0.2, 0.25) is 0 Å². The van der Waals surface area contributed by atoms with E-state index in [1.165, 1.54) is 49.5 Å². The lowest BCUT2D eigenvalue weighted by Crippen LogP contribution is -2.39.